The van der Waals surface area contributed by atoms with Gasteiger partial charge >= 0.3 is 0 Å². The molecule has 0 aliphatic carbocycles. The lowest BCUT2D eigenvalue weighted by Crippen LogP contribution is -2.28. The number of carbonyl (C=O) groups is 2. The molecule has 6 nitrogen and oxygen atoms in total. The maximum absolute atomic E-state index is 11.6. The number of primary amides is 1. The summed E-state index contributed by atoms with van der Waals surface area (Å²) in [4.78, 5) is 24.0. The Labute approximate surface area is 92.4 Å². The Morgan fingerprint density at radius 3 is 3.00 bits per heavy atom. The second-order valence-electron chi connectivity index (χ2n) is 3.82. The van der Waals surface area contributed by atoms with E-state index < -0.39 is 11.8 Å². The topological polar surface area (TPSA) is 89.4 Å². The zero-order chi connectivity index (χ0) is 11.7. The van der Waals surface area contributed by atoms with Gasteiger partial charge in [0.1, 0.15) is 0 Å². The number of nitrogens with zero attached hydrogens (tertiary/aromatic N) is 2. The number of hydrogen-bond donors (Lipinski definition) is 1. The maximum atomic E-state index is 11.6. The molecule has 0 bridgehead atoms. The van der Waals surface area contributed by atoms with E-state index in [1.807, 2.05) is 6.92 Å². The third-order valence-corrected chi connectivity index (χ3v) is 2.70. The van der Waals surface area contributed by atoms with Gasteiger partial charge in [-0.3, -0.25) is 14.5 Å². The molecule has 2 amide bonds. The number of nitrogens with two attached hydrogens (primary N) is 1. The summed E-state index contributed by atoms with van der Waals surface area (Å²) < 4.78 is 5.04. The summed E-state index contributed by atoms with van der Waals surface area (Å²) in [6.07, 6.45) is 0.891. The molecule has 1 aromatic rings. The van der Waals surface area contributed by atoms with Crippen LogP contribution in [0.3, 0.4) is 0 Å². The van der Waals surface area contributed by atoms with Gasteiger partial charge < -0.3 is 10.3 Å². The minimum absolute atomic E-state index is 0.150. The normalized spacial score (nSPS) is 20.4. The molecule has 0 saturated carbocycles. The molecule has 2 N–H and O–H groups in total. The number of amides is 2. The first-order valence-electron chi connectivity index (χ1n) is 5.17. The fourth-order valence-corrected chi connectivity index (χ4v) is 1.71. The Balaban J connectivity index is 2.16. The van der Waals surface area contributed by atoms with Crippen LogP contribution in [0.4, 0.5) is 5.88 Å². The molecule has 2 rings (SSSR count). The maximum Gasteiger partial charge on any atom is 0.234 e. The van der Waals surface area contributed by atoms with Gasteiger partial charge in [0.25, 0.3) is 0 Å². The number of rotatable bonds is 3. The van der Waals surface area contributed by atoms with E-state index in [0.29, 0.717) is 5.88 Å². The molecule has 1 aromatic heterocycles. The molecular formula is C10H13N3O3. The van der Waals surface area contributed by atoms with Crippen LogP contribution in [0, 0.1) is 5.92 Å². The molecule has 0 spiro atoms. The first kappa shape index (κ1) is 10.7. The quantitative estimate of drug-likeness (QED) is 0.785. The van der Waals surface area contributed by atoms with Crippen molar-refractivity contribution >= 4 is 17.7 Å². The average Bonchev–Trinajstić information content (AvgIpc) is 2.83. The minimum Gasteiger partial charge on any atom is -0.369 e. The Morgan fingerprint density at radius 2 is 2.50 bits per heavy atom. The molecule has 0 aromatic carbocycles. The Hall–Kier alpha value is -1.85. The van der Waals surface area contributed by atoms with Gasteiger partial charge in [-0.15, -0.1) is 0 Å². The van der Waals surface area contributed by atoms with E-state index in [0.717, 1.165) is 12.1 Å². The van der Waals surface area contributed by atoms with Gasteiger partial charge in [-0.1, -0.05) is 12.1 Å². The first-order chi connectivity index (χ1) is 7.61. The minimum atomic E-state index is -0.453. The van der Waals surface area contributed by atoms with Crippen LogP contribution in [0.15, 0.2) is 10.6 Å². The second-order valence-corrected chi connectivity index (χ2v) is 3.82. The molecule has 86 valence electrons. The van der Waals surface area contributed by atoms with Crippen LogP contribution >= 0.6 is 0 Å². The van der Waals surface area contributed by atoms with Gasteiger partial charge in [-0.05, 0) is 6.42 Å². The van der Waals surface area contributed by atoms with E-state index in [-0.39, 0.29) is 18.9 Å². The van der Waals surface area contributed by atoms with Crippen molar-refractivity contribution in [3.8, 4) is 0 Å². The molecule has 16 heavy (non-hydrogen) atoms. The number of anilines is 1. The standard InChI is InChI=1S/C10H13N3O3/c1-2-7-4-9(16-12-7)13-5-6(10(11)15)3-8(13)14/h4,6H,2-3,5H2,1H3,(H2,11,15). The fraction of sp³-hybridized carbons (Fsp3) is 0.500. The molecule has 2 heterocycles. The first-order valence-corrected chi connectivity index (χ1v) is 5.17. The van der Waals surface area contributed by atoms with Gasteiger partial charge in [-0.2, -0.15) is 0 Å². The predicted octanol–water partition coefficient (Wildman–Crippen LogP) is 0.0752. The third kappa shape index (κ3) is 1.78. The van der Waals surface area contributed by atoms with Gasteiger partial charge in [0.05, 0.1) is 11.6 Å². The van der Waals surface area contributed by atoms with Crippen LogP contribution in [0.5, 0.6) is 0 Å². The number of carbonyl (C=O) groups excluding carboxylic acids is 2. The molecule has 1 unspecified atom stereocenters. The zero-order valence-electron chi connectivity index (χ0n) is 8.97. The van der Waals surface area contributed by atoms with Gasteiger partial charge in [0.15, 0.2) is 0 Å². The fourth-order valence-electron chi connectivity index (χ4n) is 1.71. The number of aryl methyl sites for hydroxylation is 1. The van der Waals surface area contributed by atoms with Crippen molar-refractivity contribution in [2.75, 3.05) is 11.4 Å². The van der Waals surface area contributed by atoms with Crippen LogP contribution in [0.25, 0.3) is 0 Å². The Kier molecular flexibility index (Phi) is 2.64. The number of aromatic nitrogens is 1. The van der Waals surface area contributed by atoms with E-state index in [2.05, 4.69) is 5.16 Å². The highest BCUT2D eigenvalue weighted by Gasteiger charge is 2.35. The summed E-state index contributed by atoms with van der Waals surface area (Å²) in [5.41, 5.74) is 5.95. The molecule has 1 fully saturated rings. The average molecular weight is 223 g/mol. The second kappa shape index (κ2) is 3.96. The summed E-state index contributed by atoms with van der Waals surface area (Å²) >= 11 is 0. The third-order valence-electron chi connectivity index (χ3n) is 2.70. The summed E-state index contributed by atoms with van der Waals surface area (Å²) in [5.74, 6) is -0.637. The van der Waals surface area contributed by atoms with Crippen LogP contribution in [-0.4, -0.2) is 23.5 Å². The van der Waals surface area contributed by atoms with Gasteiger partial charge in [-0.25, -0.2) is 0 Å². The highest BCUT2D eigenvalue weighted by molar-refractivity contribution is 5.99. The molecule has 1 saturated heterocycles. The van der Waals surface area contributed by atoms with Crippen molar-refractivity contribution < 1.29 is 14.1 Å². The van der Waals surface area contributed by atoms with E-state index in [1.54, 1.807) is 6.07 Å². The van der Waals surface area contributed by atoms with Crippen LogP contribution in [0.1, 0.15) is 19.0 Å². The highest BCUT2D eigenvalue weighted by Crippen LogP contribution is 2.25. The van der Waals surface area contributed by atoms with Crippen molar-refractivity contribution in [2.45, 2.75) is 19.8 Å². The molecule has 6 heteroatoms. The lowest BCUT2D eigenvalue weighted by atomic mass is 10.1. The summed E-state index contributed by atoms with van der Waals surface area (Å²) in [6, 6.07) is 1.71. The lowest BCUT2D eigenvalue weighted by molar-refractivity contribution is -0.123. The van der Waals surface area contributed by atoms with Crippen LogP contribution in [-0.2, 0) is 16.0 Å². The largest absolute Gasteiger partial charge is 0.369 e. The zero-order valence-corrected chi connectivity index (χ0v) is 8.97. The predicted molar refractivity (Wildman–Crippen MR) is 55.5 cm³/mol. The SMILES string of the molecule is CCc1cc(N2CC(C(N)=O)CC2=O)on1. The van der Waals surface area contributed by atoms with Crippen molar-refractivity contribution in [1.82, 2.24) is 5.16 Å². The highest BCUT2D eigenvalue weighted by atomic mass is 16.5. The summed E-state index contributed by atoms with van der Waals surface area (Å²) in [5, 5.41) is 3.80. The van der Waals surface area contributed by atoms with E-state index in [9.17, 15) is 9.59 Å². The molecule has 0 radical (unpaired) electrons. The Bertz CT molecular complexity index is 427. The Morgan fingerprint density at radius 1 is 1.75 bits per heavy atom. The van der Waals surface area contributed by atoms with Crippen molar-refractivity contribution in [1.29, 1.82) is 0 Å². The van der Waals surface area contributed by atoms with E-state index in [1.165, 1.54) is 4.90 Å². The van der Waals surface area contributed by atoms with E-state index in [4.69, 9.17) is 10.3 Å². The summed E-state index contributed by atoms with van der Waals surface area (Å²) in [6.45, 7) is 2.23. The number of hydrogen-bond acceptors (Lipinski definition) is 4. The van der Waals surface area contributed by atoms with Crippen molar-refractivity contribution in [3.05, 3.63) is 11.8 Å². The van der Waals surface area contributed by atoms with E-state index >= 15 is 0 Å². The van der Waals surface area contributed by atoms with Crippen molar-refractivity contribution in [3.63, 3.8) is 0 Å². The lowest BCUT2D eigenvalue weighted by Gasteiger charge is -2.10. The van der Waals surface area contributed by atoms with Crippen LogP contribution < -0.4 is 10.6 Å². The molecule has 1 aliphatic rings. The van der Waals surface area contributed by atoms with Gasteiger partial charge in [0.2, 0.25) is 17.7 Å². The van der Waals surface area contributed by atoms with Crippen molar-refractivity contribution in [2.24, 2.45) is 11.7 Å². The molecule has 1 atom stereocenters. The summed E-state index contributed by atoms with van der Waals surface area (Å²) in [7, 11) is 0. The van der Waals surface area contributed by atoms with Gasteiger partial charge in [0, 0.05) is 19.0 Å². The monoisotopic (exact) mass is 223 g/mol. The van der Waals surface area contributed by atoms with Crippen LogP contribution in [0.2, 0.25) is 0 Å². The molecular weight excluding hydrogens is 210 g/mol. The smallest absolute Gasteiger partial charge is 0.234 e. The molecule has 1 aliphatic heterocycles.